The van der Waals surface area contributed by atoms with Crippen LogP contribution in [-0.4, -0.2) is 4.57 Å². The first-order chi connectivity index (χ1) is 13.8. The zero-order valence-electron chi connectivity index (χ0n) is 15.3. The second-order valence-electron chi connectivity index (χ2n) is 7.26. The molecule has 0 radical (unpaired) electrons. The zero-order valence-corrected chi connectivity index (χ0v) is 15.3. The van der Waals surface area contributed by atoms with E-state index < -0.39 is 0 Å². The lowest BCUT2D eigenvalue weighted by Gasteiger charge is -2.12. The van der Waals surface area contributed by atoms with E-state index in [4.69, 9.17) is 5.73 Å². The molecule has 0 saturated heterocycles. The first kappa shape index (κ1) is 15.3. The third-order valence-corrected chi connectivity index (χ3v) is 5.67. The summed E-state index contributed by atoms with van der Waals surface area (Å²) < 4.78 is 2.37. The zero-order chi connectivity index (χ0) is 18.7. The van der Waals surface area contributed by atoms with Crippen molar-refractivity contribution in [2.75, 3.05) is 5.73 Å². The molecule has 28 heavy (non-hydrogen) atoms. The van der Waals surface area contributed by atoms with Gasteiger partial charge in [-0.3, -0.25) is 0 Å². The maximum Gasteiger partial charge on any atom is 0.0625 e. The standard InChI is InChI=1S/C26H18N2/c27-17-14-15-24-23(16-17)25-21-12-6-4-10-19(21)20-11-5-7-13-22(20)26(25)28(24)18-8-2-1-3-9-18/h1-16H,27H2. The highest BCUT2D eigenvalue weighted by Gasteiger charge is 2.18. The molecular formula is C26H18N2. The van der Waals surface area contributed by atoms with Crippen LogP contribution in [0.3, 0.4) is 0 Å². The minimum Gasteiger partial charge on any atom is -0.399 e. The molecule has 1 aromatic heterocycles. The van der Waals surface area contributed by atoms with Crippen molar-refractivity contribution in [3.05, 3.63) is 97.1 Å². The molecule has 0 bridgehead atoms. The van der Waals surface area contributed by atoms with Gasteiger partial charge in [0.25, 0.3) is 0 Å². The number of para-hydroxylation sites is 1. The molecular weight excluding hydrogens is 340 g/mol. The van der Waals surface area contributed by atoms with E-state index in [0.29, 0.717) is 0 Å². The quantitative estimate of drug-likeness (QED) is 0.258. The first-order valence-electron chi connectivity index (χ1n) is 9.51. The number of rotatable bonds is 1. The van der Waals surface area contributed by atoms with Gasteiger partial charge in [-0.2, -0.15) is 0 Å². The van der Waals surface area contributed by atoms with Crippen molar-refractivity contribution in [1.82, 2.24) is 4.57 Å². The van der Waals surface area contributed by atoms with Crippen LogP contribution in [0.4, 0.5) is 5.69 Å². The summed E-state index contributed by atoms with van der Waals surface area (Å²) in [5, 5.41) is 7.54. The summed E-state index contributed by atoms with van der Waals surface area (Å²) >= 11 is 0. The van der Waals surface area contributed by atoms with Crippen molar-refractivity contribution in [2.45, 2.75) is 0 Å². The summed E-state index contributed by atoms with van der Waals surface area (Å²) in [5.41, 5.74) is 10.6. The highest BCUT2D eigenvalue weighted by atomic mass is 15.0. The highest BCUT2D eigenvalue weighted by Crippen LogP contribution is 2.42. The van der Waals surface area contributed by atoms with E-state index >= 15 is 0 Å². The van der Waals surface area contributed by atoms with Gasteiger partial charge in [0.15, 0.2) is 0 Å². The SMILES string of the molecule is Nc1ccc2c(c1)c1c3ccccc3c3ccccc3c1n2-c1ccccc1. The fourth-order valence-corrected chi connectivity index (χ4v) is 4.54. The number of benzene rings is 5. The van der Waals surface area contributed by atoms with Gasteiger partial charge in [-0.25, -0.2) is 0 Å². The summed E-state index contributed by atoms with van der Waals surface area (Å²) in [6.45, 7) is 0. The van der Waals surface area contributed by atoms with Crippen LogP contribution in [-0.2, 0) is 0 Å². The topological polar surface area (TPSA) is 30.9 Å². The monoisotopic (exact) mass is 358 g/mol. The van der Waals surface area contributed by atoms with Crippen molar-refractivity contribution in [3.63, 3.8) is 0 Å². The van der Waals surface area contributed by atoms with Gasteiger partial charge in [-0.05, 0) is 46.5 Å². The van der Waals surface area contributed by atoms with Crippen LogP contribution in [0.5, 0.6) is 0 Å². The smallest absolute Gasteiger partial charge is 0.0625 e. The molecule has 0 aliphatic heterocycles. The van der Waals surface area contributed by atoms with Gasteiger partial charge in [0, 0.05) is 27.5 Å². The molecule has 1 heterocycles. The van der Waals surface area contributed by atoms with Crippen LogP contribution < -0.4 is 5.73 Å². The predicted molar refractivity (Wildman–Crippen MR) is 120 cm³/mol. The molecule has 132 valence electrons. The van der Waals surface area contributed by atoms with Crippen LogP contribution in [0.25, 0.3) is 49.0 Å². The van der Waals surface area contributed by atoms with E-state index in [1.807, 2.05) is 6.07 Å². The maximum atomic E-state index is 6.21. The lowest BCUT2D eigenvalue weighted by molar-refractivity contribution is 1.19. The van der Waals surface area contributed by atoms with Crippen molar-refractivity contribution >= 4 is 49.0 Å². The molecule has 2 nitrogen and oxygen atoms in total. The minimum absolute atomic E-state index is 0.789. The van der Waals surface area contributed by atoms with Gasteiger partial charge >= 0.3 is 0 Å². The molecule has 6 rings (SSSR count). The van der Waals surface area contributed by atoms with E-state index in [2.05, 4.69) is 95.6 Å². The summed E-state index contributed by atoms with van der Waals surface area (Å²) in [6, 6.07) is 34.2. The van der Waals surface area contributed by atoms with Crippen molar-refractivity contribution in [1.29, 1.82) is 0 Å². The normalized spacial score (nSPS) is 11.7. The summed E-state index contributed by atoms with van der Waals surface area (Å²) in [5.74, 6) is 0. The minimum atomic E-state index is 0.789. The van der Waals surface area contributed by atoms with Crippen molar-refractivity contribution in [2.24, 2.45) is 0 Å². The summed E-state index contributed by atoms with van der Waals surface area (Å²) in [4.78, 5) is 0. The van der Waals surface area contributed by atoms with E-state index in [1.54, 1.807) is 0 Å². The Morgan fingerprint density at radius 1 is 0.536 bits per heavy atom. The Hall–Kier alpha value is -3.78. The van der Waals surface area contributed by atoms with Crippen LogP contribution in [0.15, 0.2) is 97.1 Å². The highest BCUT2D eigenvalue weighted by molar-refractivity contribution is 6.32. The number of hydrogen-bond acceptors (Lipinski definition) is 1. The van der Waals surface area contributed by atoms with E-state index in [0.717, 1.165) is 11.4 Å². The molecule has 0 atom stereocenters. The van der Waals surface area contributed by atoms with Crippen LogP contribution >= 0.6 is 0 Å². The van der Waals surface area contributed by atoms with E-state index in [-0.39, 0.29) is 0 Å². The first-order valence-corrected chi connectivity index (χ1v) is 9.51. The van der Waals surface area contributed by atoms with E-state index in [1.165, 1.54) is 43.4 Å². The van der Waals surface area contributed by atoms with Crippen LogP contribution in [0, 0.1) is 0 Å². The largest absolute Gasteiger partial charge is 0.399 e. The summed E-state index contributed by atoms with van der Waals surface area (Å²) in [7, 11) is 0. The molecule has 0 saturated carbocycles. The van der Waals surface area contributed by atoms with Crippen LogP contribution in [0.2, 0.25) is 0 Å². The Kier molecular flexibility index (Phi) is 3.06. The number of aromatic nitrogens is 1. The molecule has 6 aromatic rings. The lowest BCUT2D eigenvalue weighted by atomic mass is 9.97. The second kappa shape index (κ2) is 5.61. The molecule has 2 heteroatoms. The molecule has 5 aromatic carbocycles. The van der Waals surface area contributed by atoms with Crippen LogP contribution in [0.1, 0.15) is 0 Å². The Bertz CT molecular complexity index is 1510. The lowest BCUT2D eigenvalue weighted by Crippen LogP contribution is -1.94. The van der Waals surface area contributed by atoms with Gasteiger partial charge < -0.3 is 10.3 Å². The Labute approximate surface area is 162 Å². The van der Waals surface area contributed by atoms with Crippen molar-refractivity contribution in [3.8, 4) is 5.69 Å². The number of anilines is 1. The fraction of sp³-hybridized carbons (Fsp3) is 0. The van der Waals surface area contributed by atoms with Gasteiger partial charge in [0.1, 0.15) is 0 Å². The maximum absolute atomic E-state index is 6.21. The molecule has 0 spiro atoms. The fourth-order valence-electron chi connectivity index (χ4n) is 4.54. The molecule has 0 unspecified atom stereocenters. The molecule has 0 aliphatic carbocycles. The number of nitrogens with zero attached hydrogens (tertiary/aromatic N) is 1. The van der Waals surface area contributed by atoms with E-state index in [9.17, 15) is 0 Å². The molecule has 0 aliphatic rings. The number of nitrogens with two attached hydrogens (primary N) is 1. The number of fused-ring (bicyclic) bond motifs is 8. The van der Waals surface area contributed by atoms with Gasteiger partial charge in [-0.15, -0.1) is 0 Å². The predicted octanol–water partition coefficient (Wildman–Crippen LogP) is 6.67. The Balaban J connectivity index is 2.02. The average Bonchev–Trinajstić information content (AvgIpc) is 3.09. The third kappa shape index (κ3) is 1.97. The second-order valence-corrected chi connectivity index (χ2v) is 7.26. The molecule has 2 N–H and O–H groups in total. The molecule has 0 amide bonds. The van der Waals surface area contributed by atoms with Gasteiger partial charge in [-0.1, -0.05) is 66.7 Å². The average molecular weight is 358 g/mol. The summed E-state index contributed by atoms with van der Waals surface area (Å²) in [6.07, 6.45) is 0. The van der Waals surface area contributed by atoms with Gasteiger partial charge in [0.2, 0.25) is 0 Å². The number of hydrogen-bond donors (Lipinski definition) is 1. The Morgan fingerprint density at radius 3 is 1.89 bits per heavy atom. The number of nitrogen functional groups attached to an aromatic ring is 1. The Morgan fingerprint density at radius 2 is 1.14 bits per heavy atom. The molecule has 0 fully saturated rings. The van der Waals surface area contributed by atoms with Gasteiger partial charge in [0.05, 0.1) is 11.0 Å². The third-order valence-electron chi connectivity index (χ3n) is 5.67. The van der Waals surface area contributed by atoms with Crippen molar-refractivity contribution < 1.29 is 0 Å².